The molecular formula is C14H13N5OS. The summed E-state index contributed by atoms with van der Waals surface area (Å²) < 4.78 is 5.54. The molecule has 0 radical (unpaired) electrons. The third-order valence-electron chi connectivity index (χ3n) is 2.59. The Morgan fingerprint density at radius 2 is 2.10 bits per heavy atom. The van der Waals surface area contributed by atoms with Crippen molar-refractivity contribution in [1.29, 1.82) is 0 Å². The molecule has 21 heavy (non-hydrogen) atoms. The number of pyridine rings is 2. The molecule has 106 valence electrons. The van der Waals surface area contributed by atoms with E-state index in [-0.39, 0.29) is 0 Å². The molecule has 3 rings (SSSR count). The molecule has 0 aliphatic heterocycles. The Bertz CT molecular complexity index is 674. The third-order valence-corrected chi connectivity index (χ3v) is 3.49. The molecule has 0 unspecified atom stereocenters. The molecule has 0 aromatic carbocycles. The summed E-state index contributed by atoms with van der Waals surface area (Å²) in [7, 11) is 0. The SMILES string of the molecule is c1ccc(-c2nnc(NCCOc3cccnc3)s2)nc1. The fourth-order valence-corrected chi connectivity index (χ4v) is 2.39. The van der Waals surface area contributed by atoms with Gasteiger partial charge in [0.1, 0.15) is 18.1 Å². The lowest BCUT2D eigenvalue weighted by molar-refractivity contribution is 0.331. The molecule has 0 bridgehead atoms. The monoisotopic (exact) mass is 299 g/mol. The van der Waals surface area contributed by atoms with Crippen LogP contribution in [0.4, 0.5) is 5.13 Å². The minimum atomic E-state index is 0.532. The van der Waals surface area contributed by atoms with Crippen molar-refractivity contribution in [3.63, 3.8) is 0 Å². The number of rotatable bonds is 6. The minimum absolute atomic E-state index is 0.532. The van der Waals surface area contributed by atoms with E-state index in [1.807, 2.05) is 30.3 Å². The van der Waals surface area contributed by atoms with Gasteiger partial charge in [-0.3, -0.25) is 9.97 Å². The maximum atomic E-state index is 5.54. The van der Waals surface area contributed by atoms with Crippen molar-refractivity contribution in [3.05, 3.63) is 48.9 Å². The van der Waals surface area contributed by atoms with E-state index >= 15 is 0 Å². The lowest BCUT2D eigenvalue weighted by atomic mass is 10.4. The zero-order valence-electron chi connectivity index (χ0n) is 11.1. The van der Waals surface area contributed by atoms with Gasteiger partial charge in [-0.15, -0.1) is 10.2 Å². The van der Waals surface area contributed by atoms with Gasteiger partial charge in [0, 0.05) is 12.4 Å². The van der Waals surface area contributed by atoms with Crippen LogP contribution in [-0.2, 0) is 0 Å². The second kappa shape index (κ2) is 6.76. The van der Waals surface area contributed by atoms with Gasteiger partial charge in [0.2, 0.25) is 5.13 Å². The van der Waals surface area contributed by atoms with Gasteiger partial charge in [-0.25, -0.2) is 0 Å². The number of aromatic nitrogens is 4. The largest absolute Gasteiger partial charge is 0.490 e. The molecule has 3 heterocycles. The summed E-state index contributed by atoms with van der Waals surface area (Å²) in [5.74, 6) is 0.755. The number of ether oxygens (including phenoxy) is 1. The van der Waals surface area contributed by atoms with Gasteiger partial charge in [-0.05, 0) is 24.3 Å². The average molecular weight is 299 g/mol. The number of anilines is 1. The molecule has 0 saturated carbocycles. The molecule has 0 atom stereocenters. The summed E-state index contributed by atoms with van der Waals surface area (Å²) in [5, 5.41) is 12.9. The maximum absolute atomic E-state index is 5.54. The Labute approximate surface area is 125 Å². The van der Waals surface area contributed by atoms with Crippen LogP contribution in [-0.4, -0.2) is 33.3 Å². The van der Waals surface area contributed by atoms with Crippen LogP contribution in [0.1, 0.15) is 0 Å². The van der Waals surface area contributed by atoms with Crippen molar-refractivity contribution in [2.75, 3.05) is 18.5 Å². The molecule has 0 amide bonds. The van der Waals surface area contributed by atoms with Gasteiger partial charge in [0.25, 0.3) is 0 Å². The minimum Gasteiger partial charge on any atom is -0.490 e. The first-order valence-electron chi connectivity index (χ1n) is 6.43. The topological polar surface area (TPSA) is 72.8 Å². The number of hydrogen-bond donors (Lipinski definition) is 1. The molecule has 6 nitrogen and oxygen atoms in total. The highest BCUT2D eigenvalue weighted by Crippen LogP contribution is 2.23. The quantitative estimate of drug-likeness (QED) is 0.705. The standard InChI is InChI=1S/C14H13N5OS/c1-2-7-16-12(5-1)13-18-19-14(21-13)17-8-9-20-11-4-3-6-15-10-11/h1-7,10H,8-9H2,(H,17,19). The Morgan fingerprint density at radius 3 is 2.90 bits per heavy atom. The van der Waals surface area contributed by atoms with E-state index in [4.69, 9.17) is 4.74 Å². The fraction of sp³-hybridized carbons (Fsp3) is 0.143. The summed E-state index contributed by atoms with van der Waals surface area (Å²) in [6, 6.07) is 9.43. The molecule has 0 saturated heterocycles. The van der Waals surface area contributed by atoms with Crippen LogP contribution in [0.2, 0.25) is 0 Å². The molecule has 3 aromatic rings. The predicted molar refractivity (Wildman–Crippen MR) is 81.4 cm³/mol. The van der Waals surface area contributed by atoms with Crippen LogP contribution in [0.25, 0.3) is 10.7 Å². The lowest BCUT2D eigenvalue weighted by Crippen LogP contribution is -2.11. The van der Waals surface area contributed by atoms with Crippen molar-refractivity contribution in [3.8, 4) is 16.5 Å². The zero-order chi connectivity index (χ0) is 14.3. The summed E-state index contributed by atoms with van der Waals surface area (Å²) in [4.78, 5) is 8.23. The van der Waals surface area contributed by atoms with Gasteiger partial charge < -0.3 is 10.1 Å². The maximum Gasteiger partial charge on any atom is 0.206 e. The second-order valence-corrected chi connectivity index (χ2v) is 5.07. The average Bonchev–Trinajstić information content (AvgIpc) is 3.02. The van der Waals surface area contributed by atoms with Crippen molar-refractivity contribution in [2.45, 2.75) is 0 Å². The van der Waals surface area contributed by atoms with E-state index < -0.39 is 0 Å². The van der Waals surface area contributed by atoms with E-state index in [9.17, 15) is 0 Å². The van der Waals surface area contributed by atoms with E-state index in [1.165, 1.54) is 11.3 Å². The Hall–Kier alpha value is -2.54. The van der Waals surface area contributed by atoms with Gasteiger partial charge in [-0.2, -0.15) is 0 Å². The van der Waals surface area contributed by atoms with Crippen LogP contribution in [0.5, 0.6) is 5.75 Å². The third kappa shape index (κ3) is 3.73. The molecule has 0 aliphatic rings. The van der Waals surface area contributed by atoms with E-state index in [0.717, 1.165) is 21.6 Å². The van der Waals surface area contributed by atoms with E-state index in [0.29, 0.717) is 13.2 Å². The smallest absolute Gasteiger partial charge is 0.206 e. The van der Waals surface area contributed by atoms with Crippen LogP contribution in [0.3, 0.4) is 0 Å². The zero-order valence-corrected chi connectivity index (χ0v) is 12.0. The van der Waals surface area contributed by atoms with Crippen LogP contribution < -0.4 is 10.1 Å². The second-order valence-electron chi connectivity index (χ2n) is 4.09. The normalized spacial score (nSPS) is 10.3. The lowest BCUT2D eigenvalue weighted by Gasteiger charge is -2.05. The van der Waals surface area contributed by atoms with Crippen molar-refractivity contribution in [2.24, 2.45) is 0 Å². The molecular weight excluding hydrogens is 286 g/mol. The fourth-order valence-electron chi connectivity index (χ4n) is 1.65. The molecule has 7 heteroatoms. The van der Waals surface area contributed by atoms with Crippen LogP contribution in [0, 0.1) is 0 Å². The highest BCUT2D eigenvalue weighted by molar-refractivity contribution is 7.18. The predicted octanol–water partition coefficient (Wildman–Crippen LogP) is 2.49. The first kappa shape index (κ1) is 13.4. The van der Waals surface area contributed by atoms with Crippen molar-refractivity contribution in [1.82, 2.24) is 20.2 Å². The number of nitrogens with zero attached hydrogens (tertiary/aromatic N) is 4. The van der Waals surface area contributed by atoms with Crippen LogP contribution >= 0.6 is 11.3 Å². The number of nitrogens with one attached hydrogen (secondary N) is 1. The van der Waals surface area contributed by atoms with Crippen LogP contribution in [0.15, 0.2) is 48.9 Å². The first-order chi connectivity index (χ1) is 10.4. The first-order valence-corrected chi connectivity index (χ1v) is 7.25. The van der Waals surface area contributed by atoms with Crippen molar-refractivity contribution < 1.29 is 4.74 Å². The van der Waals surface area contributed by atoms with Gasteiger partial charge in [-0.1, -0.05) is 17.4 Å². The summed E-state index contributed by atoms with van der Waals surface area (Å²) in [6.45, 7) is 1.18. The van der Waals surface area contributed by atoms with Gasteiger partial charge >= 0.3 is 0 Å². The van der Waals surface area contributed by atoms with Gasteiger partial charge in [0.05, 0.1) is 12.7 Å². The number of hydrogen-bond acceptors (Lipinski definition) is 7. The molecule has 0 fully saturated rings. The summed E-state index contributed by atoms with van der Waals surface area (Å²) >= 11 is 1.47. The Balaban J connectivity index is 1.49. The highest BCUT2D eigenvalue weighted by atomic mass is 32.1. The Kier molecular flexibility index (Phi) is 4.33. The highest BCUT2D eigenvalue weighted by Gasteiger charge is 2.06. The summed E-state index contributed by atoms with van der Waals surface area (Å²) in [6.07, 6.45) is 5.14. The summed E-state index contributed by atoms with van der Waals surface area (Å²) in [5.41, 5.74) is 0.828. The molecule has 3 aromatic heterocycles. The molecule has 0 spiro atoms. The van der Waals surface area contributed by atoms with E-state index in [2.05, 4.69) is 25.5 Å². The van der Waals surface area contributed by atoms with Crippen molar-refractivity contribution >= 4 is 16.5 Å². The molecule has 1 N–H and O–H groups in total. The Morgan fingerprint density at radius 1 is 1.10 bits per heavy atom. The molecule has 0 aliphatic carbocycles. The van der Waals surface area contributed by atoms with E-state index in [1.54, 1.807) is 18.6 Å². The van der Waals surface area contributed by atoms with Gasteiger partial charge in [0.15, 0.2) is 5.01 Å².